The number of nitrogen functional groups attached to an aromatic ring is 1. The predicted octanol–water partition coefficient (Wildman–Crippen LogP) is 3.81. The van der Waals surface area contributed by atoms with Crippen molar-refractivity contribution >= 4 is 28.1 Å². The zero-order chi connectivity index (χ0) is 26.9. The minimum Gasteiger partial charge on any atom is -0.478 e. The van der Waals surface area contributed by atoms with Crippen molar-refractivity contribution in [3.05, 3.63) is 71.0 Å². The summed E-state index contributed by atoms with van der Waals surface area (Å²) in [6.45, 7) is 4.10. The quantitative estimate of drug-likeness (QED) is 0.261. The highest BCUT2D eigenvalue weighted by atomic mass is 16.5. The van der Waals surface area contributed by atoms with E-state index in [1.54, 1.807) is 12.3 Å². The first-order valence-corrected chi connectivity index (χ1v) is 12.8. The van der Waals surface area contributed by atoms with Crippen molar-refractivity contribution in [1.82, 2.24) is 35.0 Å². The molecule has 0 bridgehead atoms. The van der Waals surface area contributed by atoms with E-state index >= 15 is 0 Å². The van der Waals surface area contributed by atoms with Gasteiger partial charge in [-0.05, 0) is 73.6 Å². The molecule has 0 spiro atoms. The average molecular weight is 524 g/mol. The number of benzene rings is 1. The summed E-state index contributed by atoms with van der Waals surface area (Å²) in [6, 6.07) is 10.1. The van der Waals surface area contributed by atoms with E-state index in [0.29, 0.717) is 34.0 Å². The van der Waals surface area contributed by atoms with Gasteiger partial charge in [-0.3, -0.25) is 9.48 Å². The number of aromatic nitrogens is 6. The number of H-pyrrole nitrogens is 1. The number of hydrogen-bond acceptors (Lipinski definition) is 9. The van der Waals surface area contributed by atoms with Crippen LogP contribution in [0.4, 0.5) is 17.3 Å². The van der Waals surface area contributed by atoms with Gasteiger partial charge in [0.2, 0.25) is 0 Å². The summed E-state index contributed by atoms with van der Waals surface area (Å²) < 4.78 is 7.32. The van der Waals surface area contributed by atoms with E-state index in [2.05, 4.69) is 54.6 Å². The lowest BCUT2D eigenvalue weighted by molar-refractivity contribution is 0.343. The molecule has 39 heavy (non-hydrogen) atoms. The Bertz CT molecular complexity index is 1720. The van der Waals surface area contributed by atoms with Crippen LogP contribution >= 0.6 is 0 Å². The van der Waals surface area contributed by atoms with Gasteiger partial charge in [-0.2, -0.15) is 5.10 Å². The molecule has 0 saturated carbocycles. The number of methoxy groups -OCH3 is 1. The molecule has 5 N–H and O–H groups in total. The summed E-state index contributed by atoms with van der Waals surface area (Å²) >= 11 is 0. The summed E-state index contributed by atoms with van der Waals surface area (Å²) in [5.41, 5.74) is 10.7. The number of aromatic amines is 1. The fraction of sp³-hybridized carbons (Fsp3) is 0.250. The van der Waals surface area contributed by atoms with Crippen molar-refractivity contribution in [3.63, 3.8) is 0 Å². The molecule has 0 unspecified atom stereocenters. The molecule has 1 fully saturated rings. The molecule has 1 aromatic carbocycles. The zero-order valence-corrected chi connectivity index (χ0v) is 21.7. The van der Waals surface area contributed by atoms with E-state index in [0.717, 1.165) is 48.3 Å². The van der Waals surface area contributed by atoms with Crippen LogP contribution in [0.5, 0.6) is 5.88 Å². The molecule has 11 nitrogen and oxygen atoms in total. The number of rotatable bonds is 6. The van der Waals surface area contributed by atoms with E-state index in [1.165, 1.54) is 13.3 Å². The van der Waals surface area contributed by atoms with Crippen LogP contribution in [0.15, 0.2) is 59.9 Å². The number of pyridine rings is 2. The van der Waals surface area contributed by atoms with Crippen LogP contribution in [0.1, 0.15) is 24.4 Å². The Morgan fingerprint density at radius 2 is 1.95 bits per heavy atom. The molecule has 0 radical (unpaired) electrons. The lowest BCUT2D eigenvalue weighted by atomic mass is 10.0. The van der Waals surface area contributed by atoms with Gasteiger partial charge in [-0.25, -0.2) is 15.0 Å². The minimum atomic E-state index is -0.242. The zero-order valence-electron chi connectivity index (χ0n) is 21.7. The molecule has 1 aliphatic rings. The second-order valence-electron chi connectivity index (χ2n) is 9.62. The molecular weight excluding hydrogens is 494 g/mol. The third-order valence-electron chi connectivity index (χ3n) is 7.06. The number of ether oxygens (including phenoxy) is 1. The largest absolute Gasteiger partial charge is 0.478 e. The Labute approximate surface area is 224 Å². The van der Waals surface area contributed by atoms with Crippen molar-refractivity contribution in [3.8, 4) is 28.4 Å². The number of piperidine rings is 1. The lowest BCUT2D eigenvalue weighted by Crippen LogP contribution is -2.29. The maximum Gasteiger partial charge on any atom is 0.259 e. The molecule has 11 heteroatoms. The van der Waals surface area contributed by atoms with E-state index in [1.807, 2.05) is 24.4 Å². The van der Waals surface area contributed by atoms with Crippen molar-refractivity contribution in [1.29, 1.82) is 0 Å². The molecule has 0 aliphatic carbocycles. The summed E-state index contributed by atoms with van der Waals surface area (Å²) in [7, 11) is 1.48. The van der Waals surface area contributed by atoms with E-state index in [9.17, 15) is 4.79 Å². The minimum absolute atomic E-state index is 0.189. The fourth-order valence-corrected chi connectivity index (χ4v) is 5.04. The average Bonchev–Trinajstić information content (AvgIpc) is 3.44. The van der Waals surface area contributed by atoms with E-state index in [4.69, 9.17) is 15.5 Å². The number of aryl methyl sites for hydroxylation is 1. The monoisotopic (exact) mass is 523 g/mol. The molecule has 4 aromatic heterocycles. The molecule has 1 aliphatic heterocycles. The fourth-order valence-electron chi connectivity index (χ4n) is 5.04. The van der Waals surface area contributed by atoms with Crippen molar-refractivity contribution in [2.45, 2.75) is 25.8 Å². The molecule has 1 saturated heterocycles. The van der Waals surface area contributed by atoms with Crippen LogP contribution < -0.4 is 26.7 Å². The van der Waals surface area contributed by atoms with Gasteiger partial charge in [-0.1, -0.05) is 6.07 Å². The second-order valence-corrected chi connectivity index (χ2v) is 9.62. The van der Waals surface area contributed by atoms with Crippen molar-refractivity contribution < 1.29 is 4.74 Å². The Kier molecular flexibility index (Phi) is 6.41. The van der Waals surface area contributed by atoms with E-state index < -0.39 is 0 Å². The first kappa shape index (κ1) is 24.6. The van der Waals surface area contributed by atoms with Crippen LogP contribution in [-0.4, -0.2) is 49.9 Å². The van der Waals surface area contributed by atoms with Gasteiger partial charge >= 0.3 is 0 Å². The molecule has 0 atom stereocenters. The number of anilines is 3. The van der Waals surface area contributed by atoms with Gasteiger partial charge in [0, 0.05) is 23.6 Å². The Morgan fingerprint density at radius 3 is 2.74 bits per heavy atom. The molecular formula is C28H29N9O2. The SMILES string of the molecule is COc1nc(-c2cc3cc[nH]c(=O)c3c(Nc3ccc(-c4cnn(C5CCNCC5)c4)c(C)c3)n2)cnc1N. The standard InChI is InChI=1S/C28H29N9O2/c1-16-11-19(3-4-21(16)18-13-33-37(15-18)20-6-8-30-9-7-20)34-26-24-17(5-10-31-27(24)38)12-22(35-26)23-14-32-25(29)28(36-23)39-2/h3-5,10-15,20,30H,6-9H2,1-2H3,(H2,29,32)(H,31,38)(H,34,35). The van der Waals surface area contributed by atoms with Crippen LogP contribution in [0, 0.1) is 6.92 Å². The number of nitrogens with two attached hydrogens (primary N) is 1. The Hall–Kier alpha value is -4.77. The maximum absolute atomic E-state index is 12.8. The highest BCUT2D eigenvalue weighted by molar-refractivity contribution is 5.95. The van der Waals surface area contributed by atoms with Crippen molar-refractivity contribution in [2.75, 3.05) is 31.2 Å². The molecule has 0 amide bonds. The van der Waals surface area contributed by atoms with Crippen molar-refractivity contribution in [2.24, 2.45) is 0 Å². The highest BCUT2D eigenvalue weighted by Gasteiger charge is 2.17. The third kappa shape index (κ3) is 4.79. The summed E-state index contributed by atoms with van der Waals surface area (Å²) in [5.74, 6) is 0.811. The summed E-state index contributed by atoms with van der Waals surface area (Å²) in [6.07, 6.45) is 9.36. The second kappa shape index (κ2) is 10.2. The summed E-state index contributed by atoms with van der Waals surface area (Å²) in [4.78, 5) is 28.9. The number of fused-ring (bicyclic) bond motifs is 1. The van der Waals surface area contributed by atoms with Gasteiger partial charge in [0.25, 0.3) is 11.4 Å². The predicted molar refractivity (Wildman–Crippen MR) is 151 cm³/mol. The Balaban J connectivity index is 1.35. The first-order chi connectivity index (χ1) is 19.0. The highest BCUT2D eigenvalue weighted by Crippen LogP contribution is 2.31. The topological polar surface area (TPSA) is 149 Å². The van der Waals surface area contributed by atoms with Gasteiger partial charge in [0.15, 0.2) is 5.82 Å². The molecule has 5 heterocycles. The third-order valence-corrected chi connectivity index (χ3v) is 7.06. The van der Waals surface area contributed by atoms with Crippen LogP contribution in [0.3, 0.4) is 0 Å². The lowest BCUT2D eigenvalue weighted by Gasteiger charge is -2.22. The number of nitrogens with zero attached hydrogens (tertiary/aromatic N) is 5. The number of hydrogen-bond donors (Lipinski definition) is 4. The first-order valence-electron chi connectivity index (χ1n) is 12.8. The molecule has 6 rings (SSSR count). The normalized spacial score (nSPS) is 14.0. The van der Waals surface area contributed by atoms with Gasteiger partial charge in [0.05, 0.1) is 36.6 Å². The van der Waals surface area contributed by atoms with Crippen LogP contribution in [0.25, 0.3) is 33.3 Å². The van der Waals surface area contributed by atoms with Gasteiger partial charge in [-0.15, -0.1) is 0 Å². The Morgan fingerprint density at radius 1 is 1.10 bits per heavy atom. The number of nitrogens with one attached hydrogen (secondary N) is 3. The van der Waals surface area contributed by atoms with Gasteiger partial charge < -0.3 is 26.1 Å². The molecule has 5 aromatic rings. The van der Waals surface area contributed by atoms with Gasteiger partial charge in [0.1, 0.15) is 11.5 Å². The molecule has 198 valence electrons. The maximum atomic E-state index is 12.8. The summed E-state index contributed by atoms with van der Waals surface area (Å²) in [5, 5.41) is 12.6. The van der Waals surface area contributed by atoms with Crippen LogP contribution in [0.2, 0.25) is 0 Å². The smallest absolute Gasteiger partial charge is 0.259 e. The van der Waals surface area contributed by atoms with Crippen LogP contribution in [-0.2, 0) is 0 Å². The van der Waals surface area contributed by atoms with E-state index in [-0.39, 0.29) is 17.3 Å².